The molecule has 8 nitrogen and oxygen atoms in total. The van der Waals surface area contributed by atoms with Gasteiger partial charge in [0.1, 0.15) is 4.90 Å². The second kappa shape index (κ2) is 8.34. The van der Waals surface area contributed by atoms with E-state index < -0.39 is 20.0 Å². The van der Waals surface area contributed by atoms with Crippen LogP contribution in [0.15, 0.2) is 46.2 Å². The summed E-state index contributed by atoms with van der Waals surface area (Å²) in [6.45, 7) is 6.74. The van der Waals surface area contributed by atoms with Crippen LogP contribution < -0.4 is 4.72 Å². The van der Waals surface area contributed by atoms with Crippen LogP contribution in [-0.2, 0) is 24.8 Å². The standard InChI is InChI=1S/C18H25N3O5S2/c1-15-14-18(27(22,23)19-8-9-20-10-12-26-13-11-20)16(2)21(15)28(24,25)17-6-4-3-5-7-17/h3-7,14,19H,8-13H2,1-2H3. The number of hydrogen-bond donors (Lipinski definition) is 1. The van der Waals surface area contributed by atoms with Gasteiger partial charge < -0.3 is 4.74 Å². The maximum absolute atomic E-state index is 13.0. The predicted molar refractivity (Wildman–Crippen MR) is 105 cm³/mol. The van der Waals surface area contributed by atoms with Crippen molar-refractivity contribution in [1.29, 1.82) is 0 Å². The summed E-state index contributed by atoms with van der Waals surface area (Å²) in [6.07, 6.45) is 0. The smallest absolute Gasteiger partial charge is 0.268 e. The van der Waals surface area contributed by atoms with E-state index in [1.54, 1.807) is 25.1 Å². The van der Waals surface area contributed by atoms with Gasteiger partial charge in [-0.1, -0.05) is 18.2 Å². The van der Waals surface area contributed by atoms with Gasteiger partial charge in [0.25, 0.3) is 10.0 Å². The van der Waals surface area contributed by atoms with Crippen molar-refractivity contribution in [3.05, 3.63) is 47.8 Å². The molecule has 1 aromatic carbocycles. The van der Waals surface area contributed by atoms with Crippen molar-refractivity contribution in [3.63, 3.8) is 0 Å². The van der Waals surface area contributed by atoms with Crippen LogP contribution in [0.3, 0.4) is 0 Å². The number of sulfonamides is 1. The van der Waals surface area contributed by atoms with Crippen LogP contribution >= 0.6 is 0 Å². The summed E-state index contributed by atoms with van der Waals surface area (Å²) in [5.41, 5.74) is 0.509. The second-order valence-corrected chi connectivity index (χ2v) is 10.2. The molecule has 10 heteroatoms. The maximum Gasteiger partial charge on any atom is 0.268 e. The Morgan fingerprint density at radius 1 is 1.04 bits per heavy atom. The molecule has 2 aromatic rings. The number of ether oxygens (including phenoxy) is 1. The molecule has 3 rings (SSSR count). The highest BCUT2D eigenvalue weighted by Crippen LogP contribution is 2.25. The minimum absolute atomic E-state index is 0.0218. The van der Waals surface area contributed by atoms with Gasteiger partial charge in [0.2, 0.25) is 10.0 Å². The average Bonchev–Trinajstić information content (AvgIpc) is 2.99. The summed E-state index contributed by atoms with van der Waals surface area (Å²) in [7, 11) is -7.70. The topological polar surface area (TPSA) is 97.7 Å². The molecule has 0 atom stereocenters. The molecule has 1 fully saturated rings. The lowest BCUT2D eigenvalue weighted by Crippen LogP contribution is -2.41. The Morgan fingerprint density at radius 3 is 2.32 bits per heavy atom. The van der Waals surface area contributed by atoms with Crippen molar-refractivity contribution >= 4 is 20.0 Å². The van der Waals surface area contributed by atoms with E-state index in [1.165, 1.54) is 25.1 Å². The Kier molecular flexibility index (Phi) is 6.25. The molecule has 28 heavy (non-hydrogen) atoms. The summed E-state index contributed by atoms with van der Waals surface area (Å²) in [5.74, 6) is 0. The van der Waals surface area contributed by atoms with Crippen molar-refractivity contribution in [2.75, 3.05) is 39.4 Å². The lowest BCUT2D eigenvalue weighted by atomic mass is 10.4. The van der Waals surface area contributed by atoms with E-state index in [9.17, 15) is 16.8 Å². The molecule has 0 unspecified atom stereocenters. The summed E-state index contributed by atoms with van der Waals surface area (Å²) >= 11 is 0. The molecule has 1 aliphatic heterocycles. The number of morpholine rings is 1. The molecule has 1 saturated heterocycles. The van der Waals surface area contributed by atoms with Crippen LogP contribution in [-0.4, -0.2) is 65.1 Å². The van der Waals surface area contributed by atoms with Crippen molar-refractivity contribution in [2.24, 2.45) is 0 Å². The fourth-order valence-corrected chi connectivity index (χ4v) is 6.28. The number of benzene rings is 1. The monoisotopic (exact) mass is 427 g/mol. The van der Waals surface area contributed by atoms with Gasteiger partial charge in [-0.15, -0.1) is 0 Å². The Bertz CT molecular complexity index is 1020. The molecule has 0 saturated carbocycles. The Labute approximate surface area is 166 Å². The summed E-state index contributed by atoms with van der Waals surface area (Å²) in [4.78, 5) is 2.21. The third-order valence-electron chi connectivity index (χ3n) is 4.72. The van der Waals surface area contributed by atoms with Crippen LogP contribution in [0.25, 0.3) is 0 Å². The third kappa shape index (κ3) is 4.31. The van der Waals surface area contributed by atoms with E-state index in [1.807, 2.05) is 0 Å². The summed E-state index contributed by atoms with van der Waals surface area (Å²) in [5, 5.41) is 0. The van der Waals surface area contributed by atoms with Crippen molar-refractivity contribution < 1.29 is 21.6 Å². The van der Waals surface area contributed by atoms with Crippen LogP contribution in [0.5, 0.6) is 0 Å². The first-order valence-corrected chi connectivity index (χ1v) is 11.9. The van der Waals surface area contributed by atoms with Gasteiger partial charge in [0.15, 0.2) is 0 Å². The zero-order valence-corrected chi connectivity index (χ0v) is 17.6. The Balaban J connectivity index is 1.82. The molecule has 1 N–H and O–H groups in total. The molecule has 0 bridgehead atoms. The van der Waals surface area contributed by atoms with Crippen molar-refractivity contribution in [3.8, 4) is 0 Å². The van der Waals surface area contributed by atoms with E-state index in [0.29, 0.717) is 25.5 Å². The highest BCUT2D eigenvalue weighted by molar-refractivity contribution is 7.90. The van der Waals surface area contributed by atoms with E-state index in [0.717, 1.165) is 17.1 Å². The lowest BCUT2D eigenvalue weighted by Gasteiger charge is -2.26. The first kappa shape index (κ1) is 21.0. The molecule has 1 aliphatic rings. The quantitative estimate of drug-likeness (QED) is 0.707. The van der Waals surface area contributed by atoms with Gasteiger partial charge in [0.05, 0.1) is 23.8 Å². The first-order chi connectivity index (χ1) is 13.2. The number of hydrogen-bond acceptors (Lipinski definition) is 6. The van der Waals surface area contributed by atoms with Gasteiger partial charge in [0, 0.05) is 31.9 Å². The third-order valence-corrected chi connectivity index (χ3v) is 8.20. The number of nitrogens with one attached hydrogen (secondary N) is 1. The van der Waals surface area contributed by atoms with Gasteiger partial charge in [-0.3, -0.25) is 4.90 Å². The number of rotatable bonds is 7. The second-order valence-electron chi connectivity index (χ2n) is 6.67. The summed E-state index contributed by atoms with van der Waals surface area (Å²) < 4.78 is 60.4. The van der Waals surface area contributed by atoms with Crippen LogP contribution in [0.2, 0.25) is 0 Å². The molecule has 0 radical (unpaired) electrons. The zero-order chi connectivity index (χ0) is 20.4. The number of nitrogens with zero attached hydrogens (tertiary/aromatic N) is 2. The summed E-state index contributed by atoms with van der Waals surface area (Å²) in [6, 6.07) is 9.36. The highest BCUT2D eigenvalue weighted by Gasteiger charge is 2.28. The van der Waals surface area contributed by atoms with E-state index in [2.05, 4.69) is 9.62 Å². The molecule has 0 aliphatic carbocycles. The minimum atomic E-state index is -3.88. The fraction of sp³-hybridized carbons (Fsp3) is 0.444. The van der Waals surface area contributed by atoms with Gasteiger partial charge in [-0.2, -0.15) is 0 Å². The van der Waals surface area contributed by atoms with Crippen LogP contribution in [0.4, 0.5) is 0 Å². The fourth-order valence-electron chi connectivity index (χ4n) is 3.30. The zero-order valence-electron chi connectivity index (χ0n) is 16.0. The van der Waals surface area contributed by atoms with E-state index in [4.69, 9.17) is 4.74 Å². The SMILES string of the molecule is Cc1cc(S(=O)(=O)NCCN2CCOCC2)c(C)n1S(=O)(=O)c1ccccc1. The minimum Gasteiger partial charge on any atom is -0.379 e. The van der Waals surface area contributed by atoms with Gasteiger partial charge in [-0.05, 0) is 32.0 Å². The van der Waals surface area contributed by atoms with E-state index >= 15 is 0 Å². The van der Waals surface area contributed by atoms with Crippen LogP contribution in [0, 0.1) is 13.8 Å². The predicted octanol–water partition coefficient (Wildman–Crippen LogP) is 0.952. The average molecular weight is 428 g/mol. The molecule has 1 aromatic heterocycles. The number of aryl methyl sites for hydroxylation is 1. The van der Waals surface area contributed by atoms with Crippen LogP contribution in [0.1, 0.15) is 11.4 Å². The first-order valence-electron chi connectivity index (χ1n) is 9.03. The van der Waals surface area contributed by atoms with Gasteiger partial charge >= 0.3 is 0 Å². The van der Waals surface area contributed by atoms with Crippen molar-refractivity contribution in [2.45, 2.75) is 23.6 Å². The largest absolute Gasteiger partial charge is 0.379 e. The maximum atomic E-state index is 13.0. The molecular weight excluding hydrogens is 402 g/mol. The number of aromatic nitrogens is 1. The normalized spacial score (nSPS) is 16.4. The molecule has 0 spiro atoms. The molecule has 154 valence electrons. The van der Waals surface area contributed by atoms with Gasteiger partial charge in [-0.25, -0.2) is 25.5 Å². The Hall–Kier alpha value is -1.72. The molecule has 0 amide bonds. The lowest BCUT2D eigenvalue weighted by molar-refractivity contribution is 0.0390. The van der Waals surface area contributed by atoms with E-state index in [-0.39, 0.29) is 22.0 Å². The highest BCUT2D eigenvalue weighted by atomic mass is 32.2. The van der Waals surface area contributed by atoms with Crippen molar-refractivity contribution in [1.82, 2.24) is 13.6 Å². The Morgan fingerprint density at radius 2 is 1.68 bits per heavy atom. The molecule has 2 heterocycles. The molecular formula is C18H25N3O5S2.